The maximum atomic E-state index is 11.9. The minimum atomic E-state index is -0.385. The van der Waals surface area contributed by atoms with Gasteiger partial charge in [0.05, 0.1) is 13.5 Å². The molecule has 1 atom stereocenters. The maximum Gasteiger partial charge on any atom is 0.330 e. The van der Waals surface area contributed by atoms with E-state index in [2.05, 4.69) is 4.74 Å². The van der Waals surface area contributed by atoms with Crippen molar-refractivity contribution in [2.24, 2.45) is 14.1 Å². The van der Waals surface area contributed by atoms with Gasteiger partial charge in [-0.15, -0.1) is 0 Å². The van der Waals surface area contributed by atoms with E-state index in [9.17, 15) is 14.4 Å². The predicted molar refractivity (Wildman–Crippen MR) is 62.0 cm³/mol. The first-order chi connectivity index (χ1) is 7.88. The van der Waals surface area contributed by atoms with Crippen LogP contribution >= 0.6 is 0 Å². The van der Waals surface area contributed by atoms with Crippen molar-refractivity contribution in [3.8, 4) is 0 Å². The summed E-state index contributed by atoms with van der Waals surface area (Å²) in [5.74, 6) is -0.665. The van der Waals surface area contributed by atoms with Gasteiger partial charge in [-0.2, -0.15) is 0 Å². The Kier molecular flexibility index (Phi) is 3.88. The molecule has 94 valence electrons. The van der Waals surface area contributed by atoms with Crippen LogP contribution in [0.4, 0.5) is 0 Å². The number of methoxy groups -OCH3 is 1. The molecule has 1 aromatic rings. The number of ether oxygens (including phenoxy) is 1. The van der Waals surface area contributed by atoms with E-state index >= 15 is 0 Å². The van der Waals surface area contributed by atoms with Crippen LogP contribution in [-0.2, 0) is 23.6 Å². The van der Waals surface area contributed by atoms with E-state index in [1.54, 1.807) is 14.0 Å². The summed E-state index contributed by atoms with van der Waals surface area (Å²) in [4.78, 5) is 34.5. The second-order valence-electron chi connectivity index (χ2n) is 4.02. The van der Waals surface area contributed by atoms with Gasteiger partial charge < -0.3 is 9.30 Å². The van der Waals surface area contributed by atoms with Gasteiger partial charge in [0.2, 0.25) is 0 Å². The number of nitrogens with zero attached hydrogens (tertiary/aromatic N) is 2. The van der Waals surface area contributed by atoms with Crippen molar-refractivity contribution in [3.63, 3.8) is 0 Å². The monoisotopic (exact) mass is 240 g/mol. The first kappa shape index (κ1) is 13.2. The molecule has 1 heterocycles. The van der Waals surface area contributed by atoms with Crippen molar-refractivity contribution >= 4 is 5.97 Å². The van der Waals surface area contributed by atoms with E-state index in [1.165, 1.54) is 24.9 Å². The molecule has 0 bridgehead atoms. The molecule has 0 spiro atoms. The van der Waals surface area contributed by atoms with Crippen LogP contribution in [0.25, 0.3) is 0 Å². The van der Waals surface area contributed by atoms with Gasteiger partial charge in [-0.25, -0.2) is 4.79 Å². The van der Waals surface area contributed by atoms with Crippen LogP contribution in [0.15, 0.2) is 15.8 Å². The molecule has 1 rings (SSSR count). The molecule has 1 aromatic heterocycles. The zero-order chi connectivity index (χ0) is 13.2. The summed E-state index contributed by atoms with van der Waals surface area (Å²) in [5, 5.41) is 0. The zero-order valence-corrected chi connectivity index (χ0v) is 10.4. The molecular weight excluding hydrogens is 224 g/mol. The summed E-state index contributed by atoms with van der Waals surface area (Å²) in [6, 6.07) is 0. The maximum absolute atomic E-state index is 11.9. The second-order valence-corrected chi connectivity index (χ2v) is 4.02. The van der Waals surface area contributed by atoms with Crippen molar-refractivity contribution in [2.45, 2.75) is 19.3 Å². The molecule has 6 nitrogen and oxygen atoms in total. The average Bonchev–Trinajstić information content (AvgIpc) is 2.30. The summed E-state index contributed by atoms with van der Waals surface area (Å²) < 4.78 is 6.90. The Morgan fingerprint density at radius 2 is 2.00 bits per heavy atom. The van der Waals surface area contributed by atoms with Crippen LogP contribution in [0.5, 0.6) is 0 Å². The lowest BCUT2D eigenvalue weighted by atomic mass is 10.0. The van der Waals surface area contributed by atoms with Gasteiger partial charge in [-0.05, 0) is 5.92 Å². The van der Waals surface area contributed by atoms with Gasteiger partial charge >= 0.3 is 11.7 Å². The molecule has 0 radical (unpaired) electrons. The Balaban J connectivity index is 3.20. The number of hydrogen-bond acceptors (Lipinski definition) is 4. The largest absolute Gasteiger partial charge is 0.469 e. The Labute approximate surface area is 98.4 Å². The fourth-order valence-corrected chi connectivity index (χ4v) is 1.62. The number of esters is 1. The average molecular weight is 240 g/mol. The first-order valence-corrected chi connectivity index (χ1v) is 5.21. The van der Waals surface area contributed by atoms with Crippen molar-refractivity contribution in [3.05, 3.63) is 32.6 Å². The molecule has 17 heavy (non-hydrogen) atoms. The van der Waals surface area contributed by atoms with Crippen LogP contribution in [0.3, 0.4) is 0 Å². The molecule has 0 fully saturated rings. The predicted octanol–water partition coefficient (Wildman–Crippen LogP) is -0.249. The molecule has 6 heteroatoms. The quantitative estimate of drug-likeness (QED) is 0.683. The SMILES string of the molecule is COC(=O)CC(C)c1cn(C)c(=O)n(C)c1=O. The second kappa shape index (κ2) is 4.99. The van der Waals surface area contributed by atoms with Gasteiger partial charge in [0.25, 0.3) is 5.56 Å². The standard InChI is InChI=1S/C11H16N2O4/c1-7(5-9(14)17-4)8-6-12(2)11(16)13(3)10(8)15/h6-7H,5H2,1-4H3. The van der Waals surface area contributed by atoms with Crippen LogP contribution < -0.4 is 11.2 Å². The van der Waals surface area contributed by atoms with Crippen LogP contribution in [0.1, 0.15) is 24.8 Å². The van der Waals surface area contributed by atoms with E-state index < -0.39 is 0 Å². The minimum absolute atomic E-state index is 0.115. The number of rotatable bonds is 3. The molecule has 0 aliphatic carbocycles. The van der Waals surface area contributed by atoms with Crippen molar-refractivity contribution < 1.29 is 9.53 Å². The van der Waals surface area contributed by atoms with Crippen LogP contribution in [-0.4, -0.2) is 22.2 Å². The molecular formula is C11H16N2O4. The number of aryl methyl sites for hydroxylation is 1. The van der Waals surface area contributed by atoms with Gasteiger partial charge in [0.1, 0.15) is 0 Å². The highest BCUT2D eigenvalue weighted by molar-refractivity contribution is 5.70. The summed E-state index contributed by atoms with van der Waals surface area (Å²) in [7, 11) is 4.28. The lowest BCUT2D eigenvalue weighted by Gasteiger charge is -2.12. The van der Waals surface area contributed by atoms with E-state index in [0.29, 0.717) is 5.56 Å². The Hall–Kier alpha value is -1.85. The van der Waals surface area contributed by atoms with Crippen molar-refractivity contribution in [1.29, 1.82) is 0 Å². The summed E-state index contributed by atoms with van der Waals surface area (Å²) in [6.45, 7) is 1.75. The third-order valence-electron chi connectivity index (χ3n) is 2.70. The summed E-state index contributed by atoms with van der Waals surface area (Å²) in [6.07, 6.45) is 1.59. The molecule has 0 aromatic carbocycles. The van der Waals surface area contributed by atoms with Gasteiger partial charge in [0.15, 0.2) is 0 Å². The van der Waals surface area contributed by atoms with E-state index in [-0.39, 0.29) is 29.6 Å². The van der Waals surface area contributed by atoms with Gasteiger partial charge in [0, 0.05) is 25.9 Å². The highest BCUT2D eigenvalue weighted by Gasteiger charge is 2.17. The number of aromatic nitrogens is 2. The molecule has 0 amide bonds. The third-order valence-corrected chi connectivity index (χ3v) is 2.70. The number of carbonyl (C=O) groups is 1. The zero-order valence-electron chi connectivity index (χ0n) is 10.4. The molecule has 0 N–H and O–H groups in total. The van der Waals surface area contributed by atoms with E-state index in [4.69, 9.17) is 0 Å². The first-order valence-electron chi connectivity index (χ1n) is 5.21. The Morgan fingerprint density at radius 3 is 2.53 bits per heavy atom. The lowest BCUT2D eigenvalue weighted by molar-refractivity contribution is -0.140. The third kappa shape index (κ3) is 2.64. The summed E-state index contributed by atoms with van der Waals surface area (Å²) >= 11 is 0. The van der Waals surface area contributed by atoms with E-state index in [1.807, 2.05) is 0 Å². The Morgan fingerprint density at radius 1 is 1.41 bits per heavy atom. The topological polar surface area (TPSA) is 70.3 Å². The Bertz CT molecular complexity index is 541. The highest BCUT2D eigenvalue weighted by Crippen LogP contribution is 2.14. The smallest absolute Gasteiger partial charge is 0.330 e. The highest BCUT2D eigenvalue weighted by atomic mass is 16.5. The molecule has 0 saturated carbocycles. The lowest BCUT2D eigenvalue weighted by Crippen LogP contribution is -2.39. The minimum Gasteiger partial charge on any atom is -0.469 e. The van der Waals surface area contributed by atoms with Crippen LogP contribution in [0, 0.1) is 0 Å². The summed E-state index contributed by atoms with van der Waals surface area (Å²) in [5.41, 5.74) is -0.325. The van der Waals surface area contributed by atoms with Gasteiger partial charge in [-0.1, -0.05) is 6.92 Å². The molecule has 1 unspecified atom stereocenters. The van der Waals surface area contributed by atoms with Crippen LogP contribution in [0.2, 0.25) is 0 Å². The fraction of sp³-hybridized carbons (Fsp3) is 0.545. The van der Waals surface area contributed by atoms with Crippen molar-refractivity contribution in [2.75, 3.05) is 7.11 Å². The normalized spacial score (nSPS) is 12.2. The van der Waals surface area contributed by atoms with Gasteiger partial charge in [-0.3, -0.25) is 14.2 Å². The number of carbonyl (C=O) groups excluding carboxylic acids is 1. The molecule has 0 saturated heterocycles. The fourth-order valence-electron chi connectivity index (χ4n) is 1.62. The van der Waals surface area contributed by atoms with Crippen molar-refractivity contribution in [1.82, 2.24) is 9.13 Å². The number of hydrogen-bond donors (Lipinski definition) is 0. The molecule has 0 aliphatic rings. The van der Waals surface area contributed by atoms with E-state index in [0.717, 1.165) is 4.57 Å². The molecule has 0 aliphatic heterocycles.